The largest absolute Gasteiger partial charge is 0.435 e. The fourth-order valence-electron chi connectivity index (χ4n) is 1.11. The Balaban J connectivity index is 3.10. The SMILES string of the molecule is CCOCc1c(C(F)(F)F)nn(C)c1Cl. The summed E-state index contributed by atoms with van der Waals surface area (Å²) < 4.78 is 43.3. The van der Waals surface area contributed by atoms with Crippen molar-refractivity contribution in [1.82, 2.24) is 9.78 Å². The Morgan fingerprint density at radius 2 is 2.07 bits per heavy atom. The first-order valence-electron chi connectivity index (χ1n) is 4.24. The van der Waals surface area contributed by atoms with Crippen molar-refractivity contribution in [2.45, 2.75) is 19.7 Å². The predicted octanol–water partition coefficient (Wildman–Crippen LogP) is 2.63. The van der Waals surface area contributed by atoms with Gasteiger partial charge in [-0.2, -0.15) is 18.3 Å². The molecule has 3 nitrogen and oxygen atoms in total. The van der Waals surface area contributed by atoms with Gasteiger partial charge in [-0.15, -0.1) is 0 Å². The molecule has 1 rings (SSSR count). The number of aryl methyl sites for hydroxylation is 1. The van der Waals surface area contributed by atoms with Gasteiger partial charge in [-0.05, 0) is 6.92 Å². The van der Waals surface area contributed by atoms with Crippen molar-refractivity contribution < 1.29 is 17.9 Å². The zero-order valence-corrected chi connectivity index (χ0v) is 8.98. The molecule has 0 bridgehead atoms. The molecule has 7 heteroatoms. The summed E-state index contributed by atoms with van der Waals surface area (Å²) >= 11 is 5.68. The Labute approximate surface area is 89.8 Å². The molecule has 0 aliphatic carbocycles. The van der Waals surface area contributed by atoms with Gasteiger partial charge in [0.25, 0.3) is 0 Å². The molecule has 0 aliphatic rings. The van der Waals surface area contributed by atoms with Gasteiger partial charge in [-0.25, -0.2) is 0 Å². The molecular formula is C8H10ClF3N2O. The van der Waals surface area contributed by atoms with Gasteiger partial charge in [0.1, 0.15) is 5.15 Å². The smallest absolute Gasteiger partial charge is 0.377 e. The topological polar surface area (TPSA) is 27.1 Å². The third-order valence-corrected chi connectivity index (χ3v) is 2.26. The van der Waals surface area contributed by atoms with E-state index >= 15 is 0 Å². The molecule has 0 radical (unpaired) electrons. The summed E-state index contributed by atoms with van der Waals surface area (Å²) in [5.74, 6) is 0. The molecule has 0 amide bonds. The van der Waals surface area contributed by atoms with Gasteiger partial charge in [-0.1, -0.05) is 11.6 Å². The molecule has 0 spiro atoms. The van der Waals surface area contributed by atoms with E-state index in [-0.39, 0.29) is 17.3 Å². The summed E-state index contributed by atoms with van der Waals surface area (Å²) in [5.41, 5.74) is -1.10. The van der Waals surface area contributed by atoms with Crippen LogP contribution in [0, 0.1) is 0 Å². The van der Waals surface area contributed by atoms with Crippen molar-refractivity contribution >= 4 is 11.6 Å². The highest BCUT2D eigenvalue weighted by Crippen LogP contribution is 2.34. The van der Waals surface area contributed by atoms with Crippen LogP contribution in [-0.4, -0.2) is 16.4 Å². The Bertz CT molecular complexity index is 348. The van der Waals surface area contributed by atoms with E-state index < -0.39 is 11.9 Å². The lowest BCUT2D eigenvalue weighted by atomic mass is 10.2. The van der Waals surface area contributed by atoms with E-state index in [1.807, 2.05) is 0 Å². The van der Waals surface area contributed by atoms with Crippen LogP contribution in [0.3, 0.4) is 0 Å². The first-order valence-corrected chi connectivity index (χ1v) is 4.62. The number of aromatic nitrogens is 2. The maximum Gasteiger partial charge on any atom is 0.435 e. The molecule has 1 aromatic heterocycles. The van der Waals surface area contributed by atoms with E-state index in [9.17, 15) is 13.2 Å². The average Bonchev–Trinajstić information content (AvgIpc) is 2.40. The summed E-state index contributed by atoms with van der Waals surface area (Å²) in [6, 6.07) is 0. The Morgan fingerprint density at radius 3 is 2.53 bits per heavy atom. The van der Waals surface area contributed by atoms with E-state index in [1.54, 1.807) is 6.92 Å². The van der Waals surface area contributed by atoms with Crippen molar-refractivity contribution in [1.29, 1.82) is 0 Å². The van der Waals surface area contributed by atoms with Crippen LogP contribution in [0.4, 0.5) is 13.2 Å². The van der Waals surface area contributed by atoms with Gasteiger partial charge in [0.05, 0.1) is 6.61 Å². The second-order valence-electron chi connectivity index (χ2n) is 2.88. The molecule has 0 aromatic carbocycles. The molecule has 0 aliphatic heterocycles. The fraction of sp³-hybridized carbons (Fsp3) is 0.625. The zero-order chi connectivity index (χ0) is 11.6. The lowest BCUT2D eigenvalue weighted by molar-refractivity contribution is -0.142. The Kier molecular flexibility index (Phi) is 3.62. The van der Waals surface area contributed by atoms with Crippen LogP contribution < -0.4 is 0 Å². The number of halogens is 4. The van der Waals surface area contributed by atoms with Gasteiger partial charge in [0.2, 0.25) is 0 Å². The number of hydrogen-bond acceptors (Lipinski definition) is 2. The van der Waals surface area contributed by atoms with Gasteiger partial charge in [-0.3, -0.25) is 4.68 Å². The maximum atomic E-state index is 12.5. The fourth-order valence-corrected chi connectivity index (χ4v) is 1.29. The van der Waals surface area contributed by atoms with Crippen LogP contribution in [0.1, 0.15) is 18.2 Å². The number of rotatable bonds is 3. The predicted molar refractivity (Wildman–Crippen MR) is 48.6 cm³/mol. The van der Waals surface area contributed by atoms with Crippen molar-refractivity contribution in [3.05, 3.63) is 16.4 Å². The molecule has 0 N–H and O–H groups in total. The van der Waals surface area contributed by atoms with E-state index in [1.165, 1.54) is 7.05 Å². The third-order valence-electron chi connectivity index (χ3n) is 1.79. The summed E-state index contributed by atoms with van der Waals surface area (Å²) in [5, 5.41) is 3.27. The quantitative estimate of drug-likeness (QED) is 0.815. The highest BCUT2D eigenvalue weighted by Gasteiger charge is 2.38. The standard InChI is InChI=1S/C8H10ClF3N2O/c1-3-15-4-5-6(8(10,11)12)13-14(2)7(5)9/h3-4H2,1-2H3. The zero-order valence-electron chi connectivity index (χ0n) is 8.23. The van der Waals surface area contributed by atoms with Crippen molar-refractivity contribution in [2.24, 2.45) is 7.05 Å². The van der Waals surface area contributed by atoms with Crippen LogP contribution in [0.25, 0.3) is 0 Å². The highest BCUT2D eigenvalue weighted by molar-refractivity contribution is 6.30. The Hall–Kier alpha value is -0.750. The minimum Gasteiger partial charge on any atom is -0.377 e. The molecule has 86 valence electrons. The number of hydrogen-bond donors (Lipinski definition) is 0. The van der Waals surface area contributed by atoms with Crippen LogP contribution in [0.15, 0.2) is 0 Å². The number of ether oxygens (including phenoxy) is 1. The van der Waals surface area contributed by atoms with E-state index in [0.717, 1.165) is 4.68 Å². The minimum atomic E-state index is -4.50. The number of alkyl halides is 3. The van der Waals surface area contributed by atoms with Gasteiger partial charge >= 0.3 is 6.18 Å². The normalized spacial score (nSPS) is 12.1. The molecule has 0 unspecified atom stereocenters. The van der Waals surface area contributed by atoms with Crippen molar-refractivity contribution in [2.75, 3.05) is 6.61 Å². The second kappa shape index (κ2) is 4.40. The molecule has 15 heavy (non-hydrogen) atoms. The van der Waals surface area contributed by atoms with Gasteiger partial charge in [0, 0.05) is 19.2 Å². The average molecular weight is 243 g/mol. The highest BCUT2D eigenvalue weighted by atomic mass is 35.5. The molecule has 0 atom stereocenters. The van der Waals surface area contributed by atoms with Crippen LogP contribution in [0.2, 0.25) is 5.15 Å². The minimum absolute atomic E-state index is 0.0456. The van der Waals surface area contributed by atoms with E-state index in [4.69, 9.17) is 16.3 Å². The second-order valence-corrected chi connectivity index (χ2v) is 3.23. The van der Waals surface area contributed by atoms with Gasteiger partial charge < -0.3 is 4.74 Å². The summed E-state index contributed by atoms with van der Waals surface area (Å²) in [7, 11) is 1.35. The lowest BCUT2D eigenvalue weighted by Crippen LogP contribution is -2.10. The number of nitrogens with zero attached hydrogens (tertiary/aromatic N) is 2. The molecule has 0 fully saturated rings. The molecular weight excluding hydrogens is 233 g/mol. The summed E-state index contributed by atoms with van der Waals surface area (Å²) in [6.07, 6.45) is -4.50. The third kappa shape index (κ3) is 2.63. The van der Waals surface area contributed by atoms with Crippen molar-refractivity contribution in [3.63, 3.8) is 0 Å². The molecule has 1 aromatic rings. The van der Waals surface area contributed by atoms with Crippen LogP contribution in [0.5, 0.6) is 0 Å². The maximum absolute atomic E-state index is 12.5. The molecule has 0 saturated heterocycles. The van der Waals surface area contributed by atoms with E-state index in [2.05, 4.69) is 5.10 Å². The molecule has 0 saturated carbocycles. The van der Waals surface area contributed by atoms with E-state index in [0.29, 0.717) is 6.61 Å². The Morgan fingerprint density at radius 1 is 1.47 bits per heavy atom. The summed E-state index contributed by atoms with van der Waals surface area (Å²) in [6.45, 7) is 1.83. The van der Waals surface area contributed by atoms with Crippen LogP contribution >= 0.6 is 11.6 Å². The summed E-state index contributed by atoms with van der Waals surface area (Å²) in [4.78, 5) is 0. The lowest BCUT2D eigenvalue weighted by Gasteiger charge is -2.05. The van der Waals surface area contributed by atoms with Crippen molar-refractivity contribution in [3.8, 4) is 0 Å². The molecule has 1 heterocycles. The first kappa shape index (κ1) is 12.3. The van der Waals surface area contributed by atoms with Crippen LogP contribution in [-0.2, 0) is 24.6 Å². The first-order chi connectivity index (χ1) is 6.88. The van der Waals surface area contributed by atoms with Gasteiger partial charge in [0.15, 0.2) is 5.69 Å². The monoisotopic (exact) mass is 242 g/mol.